The van der Waals surface area contributed by atoms with Crippen LogP contribution in [0, 0.1) is 0 Å². The molecular weight excluding hydrogens is 198 g/mol. The van der Waals surface area contributed by atoms with Crippen LogP contribution in [-0.4, -0.2) is 24.6 Å². The molecule has 0 spiro atoms. The van der Waals surface area contributed by atoms with Gasteiger partial charge < -0.3 is 10.2 Å². The Morgan fingerprint density at radius 1 is 1.56 bits per heavy atom. The van der Waals surface area contributed by atoms with Crippen molar-refractivity contribution in [1.82, 2.24) is 10.3 Å². The minimum atomic E-state index is 0.370. The summed E-state index contributed by atoms with van der Waals surface area (Å²) in [5, 5.41) is 3.45. The van der Waals surface area contributed by atoms with Crippen molar-refractivity contribution >= 4 is 5.82 Å². The van der Waals surface area contributed by atoms with Gasteiger partial charge in [0.1, 0.15) is 5.82 Å². The molecule has 1 fully saturated rings. The first-order valence-electron chi connectivity index (χ1n) is 6.15. The SMILES string of the molecule is CCNC(C)c1cccnc1N(C)C1CC1. The van der Waals surface area contributed by atoms with Crippen LogP contribution in [0.25, 0.3) is 0 Å². The van der Waals surface area contributed by atoms with E-state index in [0.717, 1.165) is 12.4 Å². The molecule has 1 aromatic heterocycles. The van der Waals surface area contributed by atoms with Gasteiger partial charge >= 0.3 is 0 Å². The van der Waals surface area contributed by atoms with Gasteiger partial charge in [0, 0.05) is 30.9 Å². The molecule has 0 aliphatic heterocycles. The lowest BCUT2D eigenvalue weighted by molar-refractivity contribution is 0.594. The second-order valence-electron chi connectivity index (χ2n) is 4.54. The molecule has 0 bridgehead atoms. The molecule has 0 radical (unpaired) electrons. The van der Waals surface area contributed by atoms with Crippen LogP contribution in [0.15, 0.2) is 18.3 Å². The van der Waals surface area contributed by atoms with Crippen LogP contribution in [0.3, 0.4) is 0 Å². The summed E-state index contributed by atoms with van der Waals surface area (Å²) in [6.07, 6.45) is 4.50. The average molecular weight is 219 g/mol. The van der Waals surface area contributed by atoms with Crippen molar-refractivity contribution < 1.29 is 0 Å². The van der Waals surface area contributed by atoms with Gasteiger partial charge in [-0.3, -0.25) is 0 Å². The predicted octanol–water partition coefficient (Wildman–Crippen LogP) is 2.35. The zero-order chi connectivity index (χ0) is 11.5. The number of nitrogens with zero attached hydrogens (tertiary/aromatic N) is 2. The van der Waals surface area contributed by atoms with E-state index < -0.39 is 0 Å². The molecular formula is C13H21N3. The molecule has 3 heteroatoms. The summed E-state index contributed by atoms with van der Waals surface area (Å²) in [7, 11) is 2.15. The molecule has 0 aromatic carbocycles. The van der Waals surface area contributed by atoms with Gasteiger partial charge in [-0.1, -0.05) is 13.0 Å². The maximum Gasteiger partial charge on any atom is 0.133 e. The Labute approximate surface area is 97.9 Å². The molecule has 2 rings (SSSR count). The number of aromatic nitrogens is 1. The minimum Gasteiger partial charge on any atom is -0.356 e. The highest BCUT2D eigenvalue weighted by Crippen LogP contribution is 2.32. The lowest BCUT2D eigenvalue weighted by Gasteiger charge is -2.23. The van der Waals surface area contributed by atoms with E-state index in [0.29, 0.717) is 12.1 Å². The molecule has 3 nitrogen and oxygen atoms in total. The average Bonchev–Trinajstić information content (AvgIpc) is 3.12. The molecule has 1 saturated carbocycles. The van der Waals surface area contributed by atoms with Crippen molar-refractivity contribution in [2.45, 2.75) is 38.8 Å². The molecule has 1 aliphatic rings. The van der Waals surface area contributed by atoms with E-state index in [9.17, 15) is 0 Å². The number of hydrogen-bond donors (Lipinski definition) is 1. The Bertz CT molecular complexity index is 347. The lowest BCUT2D eigenvalue weighted by atomic mass is 10.1. The second kappa shape index (κ2) is 4.83. The van der Waals surface area contributed by atoms with E-state index in [1.165, 1.54) is 18.4 Å². The van der Waals surface area contributed by atoms with Gasteiger partial charge in [0.25, 0.3) is 0 Å². The highest BCUT2D eigenvalue weighted by Gasteiger charge is 2.28. The highest BCUT2D eigenvalue weighted by atomic mass is 15.2. The smallest absolute Gasteiger partial charge is 0.133 e. The summed E-state index contributed by atoms with van der Waals surface area (Å²) in [4.78, 5) is 6.85. The fourth-order valence-electron chi connectivity index (χ4n) is 2.09. The molecule has 1 N–H and O–H groups in total. The van der Waals surface area contributed by atoms with Gasteiger partial charge in [0.05, 0.1) is 0 Å². The Hall–Kier alpha value is -1.09. The van der Waals surface area contributed by atoms with Crippen molar-refractivity contribution in [1.29, 1.82) is 0 Å². The first-order valence-corrected chi connectivity index (χ1v) is 6.15. The summed E-state index contributed by atoms with van der Waals surface area (Å²) in [5.41, 5.74) is 1.30. The Balaban J connectivity index is 2.22. The van der Waals surface area contributed by atoms with E-state index in [4.69, 9.17) is 0 Å². The van der Waals surface area contributed by atoms with Gasteiger partial charge in [-0.05, 0) is 32.4 Å². The molecule has 1 aliphatic carbocycles. The van der Waals surface area contributed by atoms with E-state index in [1.807, 2.05) is 12.3 Å². The topological polar surface area (TPSA) is 28.2 Å². The molecule has 1 heterocycles. The number of pyridine rings is 1. The summed E-state index contributed by atoms with van der Waals surface area (Å²) < 4.78 is 0. The zero-order valence-electron chi connectivity index (χ0n) is 10.4. The fourth-order valence-corrected chi connectivity index (χ4v) is 2.09. The molecule has 88 valence electrons. The van der Waals surface area contributed by atoms with E-state index >= 15 is 0 Å². The first-order chi connectivity index (χ1) is 7.74. The van der Waals surface area contributed by atoms with E-state index in [-0.39, 0.29) is 0 Å². The molecule has 1 unspecified atom stereocenters. The van der Waals surface area contributed by atoms with Crippen molar-refractivity contribution in [3.63, 3.8) is 0 Å². The van der Waals surface area contributed by atoms with Crippen molar-refractivity contribution in [2.75, 3.05) is 18.5 Å². The third-order valence-corrected chi connectivity index (χ3v) is 3.22. The fraction of sp³-hybridized carbons (Fsp3) is 0.615. The maximum absolute atomic E-state index is 4.53. The van der Waals surface area contributed by atoms with Crippen LogP contribution in [0.4, 0.5) is 5.82 Å². The van der Waals surface area contributed by atoms with Gasteiger partial charge in [-0.2, -0.15) is 0 Å². The normalized spacial score (nSPS) is 17.2. The van der Waals surface area contributed by atoms with E-state index in [1.54, 1.807) is 0 Å². The Morgan fingerprint density at radius 2 is 2.31 bits per heavy atom. The third-order valence-electron chi connectivity index (χ3n) is 3.22. The molecule has 16 heavy (non-hydrogen) atoms. The number of rotatable bonds is 5. The van der Waals surface area contributed by atoms with Crippen molar-refractivity contribution in [3.05, 3.63) is 23.9 Å². The molecule has 0 amide bonds. The summed E-state index contributed by atoms with van der Waals surface area (Å²) in [5.74, 6) is 1.14. The third kappa shape index (κ3) is 2.35. The lowest BCUT2D eigenvalue weighted by Crippen LogP contribution is -2.25. The molecule has 0 saturated heterocycles. The van der Waals surface area contributed by atoms with Crippen molar-refractivity contribution in [2.24, 2.45) is 0 Å². The highest BCUT2D eigenvalue weighted by molar-refractivity contribution is 5.49. The van der Waals surface area contributed by atoms with Crippen LogP contribution in [0.1, 0.15) is 38.3 Å². The maximum atomic E-state index is 4.53. The van der Waals surface area contributed by atoms with Crippen LogP contribution in [0.2, 0.25) is 0 Å². The van der Waals surface area contributed by atoms with Gasteiger partial charge in [0.15, 0.2) is 0 Å². The van der Waals surface area contributed by atoms with Crippen LogP contribution >= 0.6 is 0 Å². The van der Waals surface area contributed by atoms with Gasteiger partial charge in [-0.15, -0.1) is 0 Å². The minimum absolute atomic E-state index is 0.370. The monoisotopic (exact) mass is 219 g/mol. The Morgan fingerprint density at radius 3 is 2.94 bits per heavy atom. The van der Waals surface area contributed by atoms with Crippen LogP contribution in [0.5, 0.6) is 0 Å². The first kappa shape index (κ1) is 11.4. The Kier molecular flexibility index (Phi) is 3.44. The second-order valence-corrected chi connectivity index (χ2v) is 4.54. The number of hydrogen-bond acceptors (Lipinski definition) is 3. The number of anilines is 1. The largest absolute Gasteiger partial charge is 0.356 e. The van der Waals surface area contributed by atoms with Gasteiger partial charge in [0.2, 0.25) is 0 Å². The number of nitrogens with one attached hydrogen (secondary N) is 1. The van der Waals surface area contributed by atoms with Crippen molar-refractivity contribution in [3.8, 4) is 0 Å². The standard InChI is InChI=1S/C13H21N3/c1-4-14-10(2)12-6-5-9-15-13(12)16(3)11-7-8-11/h5-6,9-11,14H,4,7-8H2,1-3H3. The zero-order valence-corrected chi connectivity index (χ0v) is 10.4. The van der Waals surface area contributed by atoms with E-state index in [2.05, 4.69) is 42.2 Å². The quantitative estimate of drug-likeness (QED) is 0.824. The van der Waals surface area contributed by atoms with Crippen LogP contribution < -0.4 is 10.2 Å². The summed E-state index contributed by atoms with van der Waals surface area (Å²) >= 11 is 0. The van der Waals surface area contributed by atoms with Gasteiger partial charge in [-0.25, -0.2) is 4.98 Å². The summed E-state index contributed by atoms with van der Waals surface area (Å²) in [6, 6.07) is 5.28. The predicted molar refractivity (Wildman–Crippen MR) is 67.8 cm³/mol. The molecule has 1 atom stereocenters. The summed E-state index contributed by atoms with van der Waals surface area (Å²) in [6.45, 7) is 5.32. The van der Waals surface area contributed by atoms with Crippen LogP contribution in [-0.2, 0) is 0 Å². The molecule has 1 aromatic rings.